The molecule has 110 valence electrons. The molecule has 0 bridgehead atoms. The second-order valence-electron chi connectivity index (χ2n) is 4.96. The van der Waals surface area contributed by atoms with Crippen molar-refractivity contribution in [1.29, 1.82) is 0 Å². The van der Waals surface area contributed by atoms with Gasteiger partial charge in [0.2, 0.25) is 10.0 Å². The van der Waals surface area contributed by atoms with Crippen LogP contribution in [0.4, 0.5) is 0 Å². The van der Waals surface area contributed by atoms with E-state index in [1.54, 1.807) is 17.0 Å². The van der Waals surface area contributed by atoms with Gasteiger partial charge in [-0.2, -0.15) is 0 Å². The van der Waals surface area contributed by atoms with Crippen LogP contribution >= 0.6 is 15.9 Å². The smallest absolute Gasteiger partial charge is 0.253 e. The van der Waals surface area contributed by atoms with Crippen molar-refractivity contribution in [1.82, 2.24) is 9.62 Å². The number of rotatable bonds is 3. The number of piperidine rings is 1. The predicted molar refractivity (Wildman–Crippen MR) is 81.0 cm³/mol. The Labute approximate surface area is 127 Å². The Hall–Kier alpha value is -0.920. The molecule has 1 aromatic rings. The molecule has 0 unspecified atom stereocenters. The Morgan fingerprint density at radius 1 is 1.25 bits per heavy atom. The number of hydrogen-bond donors (Lipinski definition) is 1. The number of carbonyl (C=O) groups excluding carboxylic acids is 1. The van der Waals surface area contributed by atoms with Crippen molar-refractivity contribution in [3.05, 3.63) is 34.3 Å². The number of carbonyl (C=O) groups is 1. The van der Waals surface area contributed by atoms with Crippen molar-refractivity contribution >= 4 is 31.9 Å². The third kappa shape index (κ3) is 4.29. The van der Waals surface area contributed by atoms with Gasteiger partial charge in [0.25, 0.3) is 5.91 Å². The van der Waals surface area contributed by atoms with Gasteiger partial charge in [0.15, 0.2) is 0 Å². The van der Waals surface area contributed by atoms with Crippen LogP contribution in [-0.2, 0) is 10.0 Å². The predicted octanol–water partition coefficient (Wildman–Crippen LogP) is 1.60. The molecule has 0 saturated carbocycles. The molecule has 1 amide bonds. The third-order valence-corrected chi connectivity index (χ3v) is 4.54. The van der Waals surface area contributed by atoms with Gasteiger partial charge in [-0.05, 0) is 37.1 Å². The van der Waals surface area contributed by atoms with Crippen LogP contribution in [0.2, 0.25) is 0 Å². The van der Waals surface area contributed by atoms with Crippen molar-refractivity contribution < 1.29 is 13.2 Å². The van der Waals surface area contributed by atoms with Gasteiger partial charge in [0, 0.05) is 29.2 Å². The molecule has 1 aromatic carbocycles. The van der Waals surface area contributed by atoms with Crippen LogP contribution in [0, 0.1) is 0 Å². The normalized spacial score (nSPS) is 17.2. The van der Waals surface area contributed by atoms with E-state index >= 15 is 0 Å². The summed E-state index contributed by atoms with van der Waals surface area (Å²) >= 11 is 3.34. The number of benzene rings is 1. The molecule has 1 heterocycles. The number of nitrogens with zero attached hydrogens (tertiary/aromatic N) is 1. The summed E-state index contributed by atoms with van der Waals surface area (Å²) in [4.78, 5) is 14.0. The molecule has 1 aliphatic rings. The van der Waals surface area contributed by atoms with E-state index in [1.807, 2.05) is 12.1 Å². The zero-order valence-electron chi connectivity index (χ0n) is 11.2. The Morgan fingerprint density at radius 2 is 1.80 bits per heavy atom. The molecule has 0 aliphatic carbocycles. The first-order valence-corrected chi connectivity index (χ1v) is 9.06. The van der Waals surface area contributed by atoms with Crippen molar-refractivity contribution in [2.24, 2.45) is 0 Å². The minimum atomic E-state index is -3.18. The topological polar surface area (TPSA) is 66.5 Å². The molecule has 1 fully saturated rings. The van der Waals surface area contributed by atoms with Crippen molar-refractivity contribution in [2.45, 2.75) is 18.9 Å². The molecular weight excluding hydrogens is 344 g/mol. The molecule has 0 atom stereocenters. The maximum Gasteiger partial charge on any atom is 0.253 e. The zero-order valence-corrected chi connectivity index (χ0v) is 13.6. The molecule has 5 nitrogen and oxygen atoms in total. The molecule has 20 heavy (non-hydrogen) atoms. The summed E-state index contributed by atoms with van der Waals surface area (Å²) in [5.41, 5.74) is 0.655. The van der Waals surface area contributed by atoms with Gasteiger partial charge < -0.3 is 4.90 Å². The van der Waals surface area contributed by atoms with Crippen LogP contribution in [0.3, 0.4) is 0 Å². The minimum Gasteiger partial charge on any atom is -0.339 e. The van der Waals surface area contributed by atoms with Gasteiger partial charge in [-0.25, -0.2) is 13.1 Å². The average molecular weight is 361 g/mol. The Balaban J connectivity index is 1.93. The largest absolute Gasteiger partial charge is 0.339 e. The molecule has 7 heteroatoms. The van der Waals surface area contributed by atoms with Crippen LogP contribution in [0.5, 0.6) is 0 Å². The van der Waals surface area contributed by atoms with E-state index in [-0.39, 0.29) is 11.9 Å². The number of likely N-dealkylation sites (tertiary alicyclic amines) is 1. The zero-order chi connectivity index (χ0) is 14.8. The van der Waals surface area contributed by atoms with Crippen LogP contribution in [-0.4, -0.2) is 44.6 Å². The first-order valence-electron chi connectivity index (χ1n) is 6.37. The van der Waals surface area contributed by atoms with Crippen LogP contribution in [0.25, 0.3) is 0 Å². The first-order chi connectivity index (χ1) is 9.35. The Bertz CT molecular complexity index is 578. The summed E-state index contributed by atoms with van der Waals surface area (Å²) in [7, 11) is -3.18. The lowest BCUT2D eigenvalue weighted by Crippen LogP contribution is -2.46. The lowest BCUT2D eigenvalue weighted by Gasteiger charge is -2.32. The Kier molecular flexibility index (Phi) is 4.82. The SMILES string of the molecule is CS(=O)(=O)NC1CCN(C(=O)c2ccc(Br)cc2)CC1. The molecular formula is C13H17BrN2O3S. The van der Waals surface area contributed by atoms with Crippen LogP contribution < -0.4 is 4.72 Å². The van der Waals surface area contributed by atoms with Gasteiger partial charge in [0.05, 0.1) is 6.26 Å². The van der Waals surface area contributed by atoms with E-state index in [0.717, 1.165) is 10.7 Å². The van der Waals surface area contributed by atoms with Gasteiger partial charge in [-0.15, -0.1) is 0 Å². The van der Waals surface area contributed by atoms with E-state index < -0.39 is 10.0 Å². The molecule has 0 radical (unpaired) electrons. The molecule has 0 spiro atoms. The summed E-state index contributed by atoms with van der Waals surface area (Å²) in [5, 5.41) is 0. The number of amides is 1. The molecule has 2 rings (SSSR count). The van der Waals surface area contributed by atoms with E-state index in [2.05, 4.69) is 20.7 Å². The van der Waals surface area contributed by atoms with E-state index in [1.165, 1.54) is 0 Å². The number of halogens is 1. The number of nitrogens with one attached hydrogen (secondary N) is 1. The average Bonchev–Trinajstić information content (AvgIpc) is 2.38. The number of sulfonamides is 1. The standard InChI is InChI=1S/C13H17BrN2O3S/c1-20(18,19)15-12-6-8-16(9-7-12)13(17)10-2-4-11(14)5-3-10/h2-5,12,15H,6-9H2,1H3. The van der Waals surface area contributed by atoms with Gasteiger partial charge >= 0.3 is 0 Å². The fraction of sp³-hybridized carbons (Fsp3) is 0.462. The maximum atomic E-state index is 12.3. The highest BCUT2D eigenvalue weighted by molar-refractivity contribution is 9.10. The van der Waals surface area contributed by atoms with Crippen LogP contribution in [0.1, 0.15) is 23.2 Å². The molecule has 1 saturated heterocycles. The summed E-state index contributed by atoms with van der Waals surface area (Å²) in [6.07, 6.45) is 2.46. The lowest BCUT2D eigenvalue weighted by molar-refractivity contribution is 0.0711. The number of hydrogen-bond acceptors (Lipinski definition) is 3. The highest BCUT2D eigenvalue weighted by Gasteiger charge is 2.25. The summed E-state index contributed by atoms with van der Waals surface area (Å²) < 4.78 is 25.9. The first kappa shape index (κ1) is 15.5. The van der Waals surface area contributed by atoms with Gasteiger partial charge in [0.1, 0.15) is 0 Å². The van der Waals surface area contributed by atoms with E-state index in [0.29, 0.717) is 31.5 Å². The second kappa shape index (κ2) is 6.24. The molecule has 1 N–H and O–H groups in total. The highest BCUT2D eigenvalue weighted by Crippen LogP contribution is 2.16. The minimum absolute atomic E-state index is 0.00435. The van der Waals surface area contributed by atoms with Crippen LogP contribution in [0.15, 0.2) is 28.7 Å². The fourth-order valence-corrected chi connectivity index (χ4v) is 3.38. The van der Waals surface area contributed by atoms with Crippen molar-refractivity contribution in [3.8, 4) is 0 Å². The molecule has 1 aliphatic heterocycles. The summed E-state index contributed by atoms with van der Waals surface area (Å²) in [6.45, 7) is 1.14. The summed E-state index contributed by atoms with van der Waals surface area (Å²) in [5.74, 6) is -0.00435. The molecule has 0 aromatic heterocycles. The quantitative estimate of drug-likeness (QED) is 0.890. The fourth-order valence-electron chi connectivity index (χ4n) is 2.28. The monoisotopic (exact) mass is 360 g/mol. The third-order valence-electron chi connectivity index (χ3n) is 3.25. The summed E-state index contributed by atoms with van der Waals surface area (Å²) in [6, 6.07) is 7.18. The van der Waals surface area contributed by atoms with Crippen molar-refractivity contribution in [3.63, 3.8) is 0 Å². The van der Waals surface area contributed by atoms with Gasteiger partial charge in [-0.1, -0.05) is 15.9 Å². The Morgan fingerprint density at radius 3 is 2.30 bits per heavy atom. The second-order valence-corrected chi connectivity index (χ2v) is 7.66. The van der Waals surface area contributed by atoms with E-state index in [9.17, 15) is 13.2 Å². The van der Waals surface area contributed by atoms with Crippen molar-refractivity contribution in [2.75, 3.05) is 19.3 Å². The maximum absolute atomic E-state index is 12.3. The lowest BCUT2D eigenvalue weighted by atomic mass is 10.0. The van der Waals surface area contributed by atoms with E-state index in [4.69, 9.17) is 0 Å². The van der Waals surface area contributed by atoms with Gasteiger partial charge in [-0.3, -0.25) is 4.79 Å². The highest BCUT2D eigenvalue weighted by atomic mass is 79.9.